The minimum absolute atomic E-state index is 0.212. The summed E-state index contributed by atoms with van der Waals surface area (Å²) in [5.41, 5.74) is 4.95. The Morgan fingerprint density at radius 2 is 1.86 bits per heavy atom. The summed E-state index contributed by atoms with van der Waals surface area (Å²) in [7, 11) is -4.84. The lowest BCUT2D eigenvalue weighted by Crippen LogP contribution is -2.42. The van der Waals surface area contributed by atoms with Gasteiger partial charge in [0, 0.05) is 27.7 Å². The first-order chi connectivity index (χ1) is 6.37. The van der Waals surface area contributed by atoms with Crippen molar-refractivity contribution in [2.75, 3.05) is 23.8 Å². The Kier molecular flexibility index (Phi) is 3.68. The third-order valence-corrected chi connectivity index (χ3v) is 4.94. The van der Waals surface area contributed by atoms with E-state index in [1.807, 2.05) is 0 Å². The van der Waals surface area contributed by atoms with Crippen LogP contribution < -0.4 is 5.73 Å². The van der Waals surface area contributed by atoms with Gasteiger partial charge in [0.1, 0.15) is 0 Å². The maximum absolute atomic E-state index is 11.1. The molecule has 7 heteroatoms. The molecule has 0 atom stereocenters. The van der Waals surface area contributed by atoms with Crippen molar-refractivity contribution in [3.8, 4) is 0 Å². The Morgan fingerprint density at radius 3 is 2.21 bits per heavy atom. The van der Waals surface area contributed by atoms with E-state index in [0.717, 1.165) is 0 Å². The fraction of sp³-hybridized carbons (Fsp3) is 1.00. The third kappa shape index (κ3) is 3.30. The molecule has 1 saturated heterocycles. The van der Waals surface area contributed by atoms with Gasteiger partial charge in [-0.2, -0.15) is 8.42 Å². The first-order valence-corrected chi connectivity index (χ1v) is 7.47. The molecule has 0 radical (unpaired) electrons. The molecule has 1 fully saturated rings. The molecule has 0 saturated carbocycles. The molecule has 1 aliphatic heterocycles. The zero-order chi connectivity index (χ0) is 10.8. The van der Waals surface area contributed by atoms with E-state index in [1.54, 1.807) is 0 Å². The molecule has 1 heterocycles. The van der Waals surface area contributed by atoms with Gasteiger partial charge in [0.05, 0.1) is 5.75 Å². The first-order valence-electron chi connectivity index (χ1n) is 4.37. The van der Waals surface area contributed by atoms with Gasteiger partial charge in [-0.25, -0.2) is 0 Å². The number of nitrogens with two attached hydrogens (primary N) is 1. The second kappa shape index (κ2) is 4.26. The summed E-state index contributed by atoms with van der Waals surface area (Å²) in [6.07, 6.45) is 1.02. The monoisotopic (exact) mass is 241 g/mol. The molecule has 0 aromatic carbocycles. The average Bonchev–Trinajstić information content (AvgIpc) is 2.07. The van der Waals surface area contributed by atoms with E-state index in [2.05, 4.69) is 0 Å². The molecule has 0 aromatic rings. The summed E-state index contributed by atoms with van der Waals surface area (Å²) >= 11 is 0. The van der Waals surface area contributed by atoms with Crippen molar-refractivity contribution in [2.24, 2.45) is 11.1 Å². The van der Waals surface area contributed by atoms with Crippen LogP contribution in [0.4, 0.5) is 0 Å². The van der Waals surface area contributed by atoms with Gasteiger partial charge in [0.2, 0.25) is 0 Å². The Morgan fingerprint density at radius 1 is 1.36 bits per heavy atom. The first kappa shape index (κ1) is 12.1. The van der Waals surface area contributed by atoms with Crippen molar-refractivity contribution in [1.82, 2.24) is 0 Å². The highest BCUT2D eigenvalue weighted by atomic mass is 32.2. The maximum atomic E-state index is 11.1. The van der Waals surface area contributed by atoms with Gasteiger partial charge < -0.3 is 5.73 Å². The second-order valence-electron chi connectivity index (χ2n) is 3.78. The summed E-state index contributed by atoms with van der Waals surface area (Å²) in [5.74, 6) is 0.646. The van der Waals surface area contributed by atoms with Crippen molar-refractivity contribution in [3.63, 3.8) is 0 Å². The van der Waals surface area contributed by atoms with Gasteiger partial charge in [-0.05, 0) is 19.4 Å². The van der Waals surface area contributed by atoms with Gasteiger partial charge in [-0.15, -0.1) is 0 Å². The molecule has 14 heavy (non-hydrogen) atoms. The molecule has 0 aliphatic carbocycles. The van der Waals surface area contributed by atoms with Crippen LogP contribution in [0.3, 0.4) is 0 Å². The van der Waals surface area contributed by atoms with E-state index >= 15 is 0 Å². The SMILES string of the molecule is NCC1(CS(=O)(=O)O)CCS(=O)CC1. The largest absolute Gasteiger partial charge is 0.330 e. The van der Waals surface area contributed by atoms with Crippen LogP contribution in [-0.2, 0) is 20.9 Å². The minimum atomic E-state index is -3.99. The van der Waals surface area contributed by atoms with Gasteiger partial charge in [0.25, 0.3) is 10.1 Å². The van der Waals surface area contributed by atoms with Crippen molar-refractivity contribution in [3.05, 3.63) is 0 Å². The van der Waals surface area contributed by atoms with Crippen molar-refractivity contribution >= 4 is 20.9 Å². The standard InChI is InChI=1S/C7H15NO4S2/c8-5-7(6-14(10,11)12)1-3-13(9)4-2-7/h1-6,8H2,(H,10,11,12). The number of rotatable bonds is 3. The van der Waals surface area contributed by atoms with E-state index in [4.69, 9.17) is 10.3 Å². The molecule has 5 nitrogen and oxygen atoms in total. The van der Waals surface area contributed by atoms with Crippen LogP contribution in [0, 0.1) is 5.41 Å². The van der Waals surface area contributed by atoms with Crippen LogP contribution in [0.1, 0.15) is 12.8 Å². The van der Waals surface area contributed by atoms with Gasteiger partial charge in [-0.1, -0.05) is 0 Å². The quantitative estimate of drug-likeness (QED) is 0.641. The van der Waals surface area contributed by atoms with Crippen LogP contribution in [0.15, 0.2) is 0 Å². The highest BCUT2D eigenvalue weighted by Gasteiger charge is 2.36. The predicted molar refractivity (Wildman–Crippen MR) is 55.0 cm³/mol. The smallest absolute Gasteiger partial charge is 0.265 e. The fourth-order valence-corrected chi connectivity index (χ4v) is 4.39. The Labute approximate surface area is 86.3 Å². The average molecular weight is 241 g/mol. The third-order valence-electron chi connectivity index (χ3n) is 2.64. The van der Waals surface area contributed by atoms with E-state index < -0.39 is 26.3 Å². The molecule has 0 unspecified atom stereocenters. The van der Waals surface area contributed by atoms with Crippen molar-refractivity contribution < 1.29 is 17.2 Å². The van der Waals surface area contributed by atoms with E-state index in [1.165, 1.54) is 0 Å². The molecule has 84 valence electrons. The topological polar surface area (TPSA) is 97.5 Å². The Balaban J connectivity index is 2.73. The molecular weight excluding hydrogens is 226 g/mol. The lowest BCUT2D eigenvalue weighted by Gasteiger charge is -2.34. The summed E-state index contributed by atoms with van der Waals surface area (Å²) in [6.45, 7) is 0.212. The van der Waals surface area contributed by atoms with Crippen molar-refractivity contribution in [1.29, 1.82) is 0 Å². The van der Waals surface area contributed by atoms with E-state index in [0.29, 0.717) is 24.3 Å². The number of hydrogen-bond donors (Lipinski definition) is 2. The minimum Gasteiger partial charge on any atom is -0.330 e. The molecule has 1 rings (SSSR count). The molecule has 0 bridgehead atoms. The van der Waals surface area contributed by atoms with Crippen LogP contribution in [0.5, 0.6) is 0 Å². The van der Waals surface area contributed by atoms with Crippen LogP contribution >= 0.6 is 0 Å². The second-order valence-corrected chi connectivity index (χ2v) is 6.93. The molecule has 0 spiro atoms. The van der Waals surface area contributed by atoms with Crippen LogP contribution in [0.25, 0.3) is 0 Å². The molecule has 1 aliphatic rings. The van der Waals surface area contributed by atoms with Gasteiger partial charge in [0.15, 0.2) is 0 Å². The molecular formula is C7H15NO4S2. The normalized spacial score (nSPS) is 34.3. The molecule has 3 N–H and O–H groups in total. The van der Waals surface area contributed by atoms with Crippen LogP contribution in [-0.4, -0.2) is 41.0 Å². The van der Waals surface area contributed by atoms with Crippen molar-refractivity contribution in [2.45, 2.75) is 12.8 Å². The lowest BCUT2D eigenvalue weighted by atomic mass is 9.84. The summed E-state index contributed by atoms with van der Waals surface area (Å²) in [5, 5.41) is 0. The zero-order valence-electron chi connectivity index (χ0n) is 7.81. The Bertz CT molecular complexity index is 315. The lowest BCUT2D eigenvalue weighted by molar-refractivity contribution is 0.299. The summed E-state index contributed by atoms with van der Waals surface area (Å²) in [6, 6.07) is 0. The predicted octanol–water partition coefficient (Wildman–Crippen LogP) is -0.638. The van der Waals surface area contributed by atoms with E-state index in [9.17, 15) is 12.6 Å². The zero-order valence-corrected chi connectivity index (χ0v) is 9.44. The van der Waals surface area contributed by atoms with Crippen LogP contribution in [0.2, 0.25) is 0 Å². The Hall–Kier alpha value is 0.0200. The highest BCUT2D eigenvalue weighted by molar-refractivity contribution is 7.86. The number of hydrogen-bond acceptors (Lipinski definition) is 4. The fourth-order valence-electron chi connectivity index (χ4n) is 1.68. The molecule has 0 aromatic heterocycles. The summed E-state index contributed by atoms with van der Waals surface area (Å²) < 4.78 is 41.4. The highest BCUT2D eigenvalue weighted by Crippen LogP contribution is 2.31. The van der Waals surface area contributed by atoms with E-state index in [-0.39, 0.29) is 12.3 Å². The van der Waals surface area contributed by atoms with Gasteiger partial charge >= 0.3 is 0 Å². The maximum Gasteiger partial charge on any atom is 0.265 e. The summed E-state index contributed by atoms with van der Waals surface area (Å²) in [4.78, 5) is 0. The molecule has 0 amide bonds. The van der Waals surface area contributed by atoms with Gasteiger partial charge in [-0.3, -0.25) is 8.76 Å².